The normalized spacial score (nSPS) is 10.7. The molecule has 6 heteroatoms. The van der Waals surface area contributed by atoms with Crippen molar-refractivity contribution in [1.82, 2.24) is 10.3 Å². The average Bonchev–Trinajstić information content (AvgIpc) is 2.84. The van der Waals surface area contributed by atoms with E-state index in [2.05, 4.69) is 15.6 Å². The van der Waals surface area contributed by atoms with Gasteiger partial charge in [0.2, 0.25) is 5.91 Å². The molecule has 2 rings (SSSR count). The van der Waals surface area contributed by atoms with Gasteiger partial charge in [-0.1, -0.05) is 10.3 Å². The van der Waals surface area contributed by atoms with Gasteiger partial charge in [0, 0.05) is 12.0 Å². The summed E-state index contributed by atoms with van der Waals surface area (Å²) in [6.45, 7) is 7.28. The molecule has 2 aromatic rings. The van der Waals surface area contributed by atoms with E-state index in [1.165, 1.54) is 0 Å². The minimum absolute atomic E-state index is 0.0746. The third kappa shape index (κ3) is 2.83. The number of rotatable bonds is 4. The molecule has 1 amide bonds. The Bertz CT molecular complexity index is 559. The third-order valence-electron chi connectivity index (χ3n) is 3.08. The highest BCUT2D eigenvalue weighted by atomic mass is 16.5. The second kappa shape index (κ2) is 5.26. The number of nitrogens with one attached hydrogen (secondary N) is 1. The molecule has 102 valence electrons. The Morgan fingerprint density at radius 1 is 1.05 bits per heavy atom. The zero-order valence-electron chi connectivity index (χ0n) is 11.5. The van der Waals surface area contributed by atoms with Crippen molar-refractivity contribution in [3.8, 4) is 0 Å². The summed E-state index contributed by atoms with van der Waals surface area (Å²) in [5, 5.41) is 10.5. The molecule has 6 nitrogen and oxygen atoms in total. The SMILES string of the molecule is Cc1noc(C)c1CCC(=O)Nc1c(C)noc1C. The van der Waals surface area contributed by atoms with Crippen molar-refractivity contribution in [1.29, 1.82) is 0 Å². The largest absolute Gasteiger partial charge is 0.361 e. The van der Waals surface area contributed by atoms with Gasteiger partial charge in [-0.2, -0.15) is 0 Å². The number of carbonyl (C=O) groups excluding carboxylic acids is 1. The van der Waals surface area contributed by atoms with Crippen LogP contribution in [0.15, 0.2) is 9.05 Å². The molecule has 0 aliphatic rings. The Labute approximate surface area is 111 Å². The highest BCUT2D eigenvalue weighted by molar-refractivity contribution is 5.91. The molecule has 2 aromatic heterocycles. The average molecular weight is 263 g/mol. The molecule has 0 radical (unpaired) electrons. The van der Waals surface area contributed by atoms with Crippen molar-refractivity contribution in [2.45, 2.75) is 40.5 Å². The fourth-order valence-electron chi connectivity index (χ4n) is 1.96. The first-order valence-corrected chi connectivity index (χ1v) is 6.13. The Balaban J connectivity index is 1.96. The molecule has 0 aromatic carbocycles. The minimum atomic E-state index is -0.0746. The first kappa shape index (κ1) is 13.3. The first-order chi connectivity index (χ1) is 8.99. The van der Waals surface area contributed by atoms with E-state index >= 15 is 0 Å². The Hall–Kier alpha value is -2.11. The number of anilines is 1. The zero-order chi connectivity index (χ0) is 14.0. The van der Waals surface area contributed by atoms with Crippen LogP contribution in [0.2, 0.25) is 0 Å². The van der Waals surface area contributed by atoms with Crippen LogP contribution in [0.1, 0.15) is 34.9 Å². The van der Waals surface area contributed by atoms with Crippen LogP contribution in [0.5, 0.6) is 0 Å². The van der Waals surface area contributed by atoms with E-state index in [9.17, 15) is 4.79 Å². The second-order valence-electron chi connectivity index (χ2n) is 4.55. The summed E-state index contributed by atoms with van der Waals surface area (Å²) in [5.74, 6) is 1.31. The maximum atomic E-state index is 11.9. The molecule has 0 unspecified atom stereocenters. The summed E-state index contributed by atoms with van der Waals surface area (Å²) >= 11 is 0. The molecule has 0 spiro atoms. The number of hydrogen-bond acceptors (Lipinski definition) is 5. The molecule has 0 fully saturated rings. The van der Waals surface area contributed by atoms with Crippen LogP contribution >= 0.6 is 0 Å². The van der Waals surface area contributed by atoms with Gasteiger partial charge in [0.25, 0.3) is 0 Å². The lowest BCUT2D eigenvalue weighted by Crippen LogP contribution is -2.13. The zero-order valence-corrected chi connectivity index (χ0v) is 11.5. The van der Waals surface area contributed by atoms with E-state index in [-0.39, 0.29) is 5.91 Å². The monoisotopic (exact) mass is 263 g/mol. The van der Waals surface area contributed by atoms with Gasteiger partial charge in [0.15, 0.2) is 5.76 Å². The molecule has 1 N–H and O–H groups in total. The van der Waals surface area contributed by atoms with Crippen molar-refractivity contribution < 1.29 is 13.8 Å². The molecule has 2 heterocycles. The molecule has 19 heavy (non-hydrogen) atoms. The highest BCUT2D eigenvalue weighted by Crippen LogP contribution is 2.19. The van der Waals surface area contributed by atoms with Crippen molar-refractivity contribution in [3.63, 3.8) is 0 Å². The molecular formula is C13H17N3O3. The quantitative estimate of drug-likeness (QED) is 0.916. The fraction of sp³-hybridized carbons (Fsp3) is 0.462. The Kier molecular flexibility index (Phi) is 3.69. The van der Waals surface area contributed by atoms with Crippen molar-refractivity contribution >= 4 is 11.6 Å². The maximum Gasteiger partial charge on any atom is 0.224 e. The molecular weight excluding hydrogens is 246 g/mol. The fourth-order valence-corrected chi connectivity index (χ4v) is 1.96. The summed E-state index contributed by atoms with van der Waals surface area (Å²) in [5.41, 5.74) is 3.17. The summed E-state index contributed by atoms with van der Waals surface area (Å²) in [6.07, 6.45) is 0.976. The summed E-state index contributed by atoms with van der Waals surface area (Å²) in [6, 6.07) is 0. The number of hydrogen-bond donors (Lipinski definition) is 1. The van der Waals surface area contributed by atoms with Crippen LogP contribution in [0, 0.1) is 27.7 Å². The molecule has 0 atom stereocenters. The van der Waals surface area contributed by atoms with Gasteiger partial charge in [0.1, 0.15) is 17.1 Å². The van der Waals surface area contributed by atoms with Crippen LogP contribution in [-0.2, 0) is 11.2 Å². The van der Waals surface area contributed by atoms with E-state index in [1.54, 1.807) is 13.8 Å². The van der Waals surface area contributed by atoms with Crippen molar-refractivity contribution in [2.75, 3.05) is 5.32 Å². The second-order valence-corrected chi connectivity index (χ2v) is 4.55. The van der Waals surface area contributed by atoms with Crippen LogP contribution in [0.25, 0.3) is 0 Å². The number of aromatic nitrogens is 2. The van der Waals surface area contributed by atoms with Gasteiger partial charge in [-0.05, 0) is 34.1 Å². The molecule has 0 aliphatic heterocycles. The van der Waals surface area contributed by atoms with Crippen LogP contribution in [0.4, 0.5) is 5.69 Å². The van der Waals surface area contributed by atoms with Gasteiger partial charge in [-0.3, -0.25) is 4.79 Å². The van der Waals surface area contributed by atoms with Crippen LogP contribution in [0.3, 0.4) is 0 Å². The Morgan fingerprint density at radius 3 is 2.21 bits per heavy atom. The van der Waals surface area contributed by atoms with Gasteiger partial charge in [0.05, 0.1) is 5.69 Å². The molecule has 0 saturated heterocycles. The van der Waals surface area contributed by atoms with Gasteiger partial charge in [-0.15, -0.1) is 0 Å². The van der Waals surface area contributed by atoms with Crippen LogP contribution in [-0.4, -0.2) is 16.2 Å². The molecule has 0 saturated carbocycles. The molecule has 0 aliphatic carbocycles. The first-order valence-electron chi connectivity index (χ1n) is 6.13. The Morgan fingerprint density at radius 2 is 1.68 bits per heavy atom. The number of nitrogens with zero attached hydrogens (tertiary/aromatic N) is 2. The summed E-state index contributed by atoms with van der Waals surface area (Å²) in [4.78, 5) is 11.9. The predicted molar refractivity (Wildman–Crippen MR) is 68.9 cm³/mol. The highest BCUT2D eigenvalue weighted by Gasteiger charge is 2.14. The van der Waals surface area contributed by atoms with E-state index in [1.807, 2.05) is 13.8 Å². The minimum Gasteiger partial charge on any atom is -0.361 e. The topological polar surface area (TPSA) is 81.2 Å². The van der Waals surface area contributed by atoms with Crippen molar-refractivity contribution in [3.05, 3.63) is 28.5 Å². The molecule has 0 bridgehead atoms. The van der Waals surface area contributed by atoms with Crippen LogP contribution < -0.4 is 5.32 Å². The maximum absolute atomic E-state index is 11.9. The lowest BCUT2D eigenvalue weighted by Gasteiger charge is -2.04. The van der Waals surface area contributed by atoms with E-state index in [0.717, 1.165) is 17.0 Å². The van der Waals surface area contributed by atoms with Gasteiger partial charge < -0.3 is 14.4 Å². The summed E-state index contributed by atoms with van der Waals surface area (Å²) in [7, 11) is 0. The predicted octanol–water partition coefficient (Wildman–Crippen LogP) is 2.47. The number of aryl methyl sites for hydroxylation is 4. The number of amides is 1. The van der Waals surface area contributed by atoms with E-state index in [0.29, 0.717) is 30.0 Å². The lowest BCUT2D eigenvalue weighted by atomic mass is 10.1. The summed E-state index contributed by atoms with van der Waals surface area (Å²) < 4.78 is 10.1. The smallest absolute Gasteiger partial charge is 0.224 e. The number of carbonyl (C=O) groups is 1. The van der Waals surface area contributed by atoms with Gasteiger partial charge >= 0.3 is 0 Å². The lowest BCUT2D eigenvalue weighted by molar-refractivity contribution is -0.116. The van der Waals surface area contributed by atoms with E-state index in [4.69, 9.17) is 9.05 Å². The standard InChI is InChI=1S/C13H17N3O3/c1-7-11(9(3)18-15-7)5-6-12(17)14-13-8(2)16-19-10(13)4/h5-6H2,1-4H3,(H,14,17). The van der Waals surface area contributed by atoms with E-state index < -0.39 is 0 Å². The van der Waals surface area contributed by atoms with Gasteiger partial charge in [-0.25, -0.2) is 0 Å². The third-order valence-corrected chi connectivity index (χ3v) is 3.08. The van der Waals surface area contributed by atoms with Crippen molar-refractivity contribution in [2.24, 2.45) is 0 Å².